The van der Waals surface area contributed by atoms with Crippen LogP contribution in [0.25, 0.3) is 0 Å². The number of carboxylic acids is 2. The second kappa shape index (κ2) is 18.1. The third kappa shape index (κ3) is 12.3. The van der Waals surface area contributed by atoms with Gasteiger partial charge in [-0.1, -0.05) is 38.5 Å². The maximum atomic E-state index is 12.6. The number of hydrogen-bond acceptors (Lipinski definition) is 6. The van der Waals surface area contributed by atoms with Crippen molar-refractivity contribution in [1.29, 1.82) is 0 Å². The molecule has 0 aromatic heterocycles. The van der Waals surface area contributed by atoms with Crippen LogP contribution in [-0.2, 0) is 9.59 Å². The first-order valence-corrected chi connectivity index (χ1v) is 13.9. The van der Waals surface area contributed by atoms with Gasteiger partial charge in [-0.2, -0.15) is 5.01 Å². The smallest absolute Gasteiger partial charge is 0.340 e. The highest BCUT2D eigenvalue weighted by Gasteiger charge is 2.45. The van der Waals surface area contributed by atoms with E-state index in [1.54, 1.807) is 0 Å². The number of aliphatic carboxylic acids is 2. The average Bonchev–Trinajstić information content (AvgIpc) is 2.89. The summed E-state index contributed by atoms with van der Waals surface area (Å²) in [5, 5.41) is 22.5. The Morgan fingerprint density at radius 2 is 1.41 bits per heavy atom. The van der Waals surface area contributed by atoms with Crippen LogP contribution < -0.4 is 5.32 Å². The molecule has 0 unspecified atom stereocenters. The lowest BCUT2D eigenvalue weighted by atomic mass is 9.57. The molecule has 2 aliphatic rings. The number of hydrogen-bond donors (Lipinski definition) is 3. The van der Waals surface area contributed by atoms with Gasteiger partial charge < -0.3 is 20.4 Å². The third-order valence-corrected chi connectivity index (χ3v) is 7.82. The Morgan fingerprint density at radius 3 is 1.78 bits per heavy atom. The first-order chi connectivity index (χ1) is 17.7. The van der Waals surface area contributed by atoms with Gasteiger partial charge >= 0.3 is 18.0 Å². The van der Waals surface area contributed by atoms with Crippen LogP contribution in [0, 0.1) is 22.2 Å². The van der Waals surface area contributed by atoms with E-state index in [1.165, 1.54) is 64.2 Å². The molecule has 0 heterocycles. The van der Waals surface area contributed by atoms with Crippen LogP contribution in [-0.4, -0.2) is 77.7 Å². The fourth-order valence-corrected chi connectivity index (χ4v) is 6.09. The Morgan fingerprint density at radius 1 is 0.919 bits per heavy atom. The summed E-state index contributed by atoms with van der Waals surface area (Å²) in [5.74, 6) is -0.988. The number of halogens is 1. The summed E-state index contributed by atoms with van der Waals surface area (Å²) in [4.78, 5) is 45.0. The van der Waals surface area contributed by atoms with Gasteiger partial charge in [-0.25, -0.2) is 14.4 Å². The molecule has 0 aromatic carbocycles. The number of urea groups is 1. The van der Waals surface area contributed by atoms with E-state index in [1.807, 2.05) is 0 Å². The maximum absolute atomic E-state index is 12.6. The van der Waals surface area contributed by atoms with Gasteiger partial charge in [0.2, 0.25) is 0 Å². The third-order valence-electron chi connectivity index (χ3n) is 7.65. The second-order valence-electron chi connectivity index (χ2n) is 10.4. The van der Waals surface area contributed by atoms with Crippen molar-refractivity contribution >= 4 is 29.6 Å². The van der Waals surface area contributed by atoms with Gasteiger partial charge in [-0.15, -0.1) is 16.5 Å². The Kier molecular flexibility index (Phi) is 16.1. The monoisotopic (exact) mass is 544 g/mol. The Balaban J connectivity index is 0.000000738. The van der Waals surface area contributed by atoms with E-state index >= 15 is 0 Å². The molecule has 2 aliphatic carbocycles. The molecule has 0 saturated heterocycles. The summed E-state index contributed by atoms with van der Waals surface area (Å²) in [7, 11) is 4.26. The number of alkyl halides is 1. The standard InChI is InChI=1S/C22H41ClN4O2.C4H4O4/c1-26(2)16-9-14-22(19-10-5-3-6-11-19,20-12-7-4-8-13-20)18-24-21(28)27(25-29)17-15-23;5-3(6)1-2-4(7)8/h19-20H,3-18H2,1-2H3,(H,24,28);1-2H,(H,5,6)(H,7,8). The fourth-order valence-electron chi connectivity index (χ4n) is 5.93. The predicted molar refractivity (Wildman–Crippen MR) is 144 cm³/mol. The summed E-state index contributed by atoms with van der Waals surface area (Å²) in [6.45, 7) is 1.88. The zero-order chi connectivity index (χ0) is 27.7. The number of nitrogens with zero attached hydrogens (tertiary/aromatic N) is 3. The molecule has 0 aromatic rings. The minimum absolute atomic E-state index is 0.127. The van der Waals surface area contributed by atoms with Crippen LogP contribution in [0.15, 0.2) is 17.4 Å². The van der Waals surface area contributed by atoms with Crippen molar-refractivity contribution in [2.24, 2.45) is 22.5 Å². The zero-order valence-electron chi connectivity index (χ0n) is 22.4. The number of nitrogens with one attached hydrogen (secondary N) is 1. The van der Waals surface area contributed by atoms with E-state index in [2.05, 4.69) is 29.6 Å². The lowest BCUT2D eigenvalue weighted by Crippen LogP contribution is -2.51. The molecule has 10 nitrogen and oxygen atoms in total. The van der Waals surface area contributed by atoms with Crippen molar-refractivity contribution in [2.45, 2.75) is 77.0 Å². The highest BCUT2D eigenvalue weighted by molar-refractivity contribution is 6.18. The Bertz CT molecular complexity index is 703. The van der Waals surface area contributed by atoms with Crippen LogP contribution in [0.2, 0.25) is 0 Å². The van der Waals surface area contributed by atoms with Crippen molar-refractivity contribution in [3.05, 3.63) is 17.1 Å². The fraction of sp³-hybridized carbons (Fsp3) is 0.808. The van der Waals surface area contributed by atoms with Crippen molar-refractivity contribution in [3.8, 4) is 0 Å². The summed E-state index contributed by atoms with van der Waals surface area (Å²) in [6, 6.07) is -0.399. The van der Waals surface area contributed by atoms with Crippen LogP contribution in [0.5, 0.6) is 0 Å². The zero-order valence-corrected chi connectivity index (χ0v) is 23.1. The Labute approximate surface area is 225 Å². The first-order valence-electron chi connectivity index (χ1n) is 13.4. The van der Waals surface area contributed by atoms with Crippen molar-refractivity contribution < 1.29 is 24.6 Å². The van der Waals surface area contributed by atoms with Gasteiger partial charge in [0, 0.05) is 24.6 Å². The number of nitroso groups, excluding NO2 is 1. The molecule has 0 atom stereocenters. The second-order valence-corrected chi connectivity index (χ2v) is 10.8. The topological polar surface area (TPSA) is 140 Å². The molecule has 37 heavy (non-hydrogen) atoms. The largest absolute Gasteiger partial charge is 0.478 e. The normalized spacial score (nSPS) is 17.2. The van der Waals surface area contributed by atoms with Crippen molar-refractivity contribution in [1.82, 2.24) is 15.2 Å². The molecule has 2 saturated carbocycles. The minimum Gasteiger partial charge on any atom is -0.478 e. The van der Waals surface area contributed by atoms with E-state index < -0.39 is 18.0 Å². The molecule has 11 heteroatoms. The molecule has 0 aliphatic heterocycles. The van der Waals surface area contributed by atoms with E-state index in [-0.39, 0.29) is 17.8 Å². The summed E-state index contributed by atoms with van der Waals surface area (Å²) in [5.41, 5.74) is 0.127. The van der Waals surface area contributed by atoms with Crippen molar-refractivity contribution in [3.63, 3.8) is 0 Å². The first kappa shape index (κ1) is 32.8. The number of amides is 2. The average molecular weight is 545 g/mol. The van der Waals surface area contributed by atoms with Gasteiger partial charge in [0.15, 0.2) is 0 Å². The quantitative estimate of drug-likeness (QED) is 0.126. The van der Waals surface area contributed by atoms with Crippen LogP contribution in [0.4, 0.5) is 4.79 Å². The van der Waals surface area contributed by atoms with E-state index in [4.69, 9.17) is 21.8 Å². The van der Waals surface area contributed by atoms with E-state index in [9.17, 15) is 19.3 Å². The van der Waals surface area contributed by atoms with Gasteiger partial charge in [-0.05, 0) is 76.4 Å². The van der Waals surface area contributed by atoms with Gasteiger partial charge in [0.05, 0.1) is 11.8 Å². The van der Waals surface area contributed by atoms with Crippen LogP contribution in [0.3, 0.4) is 0 Å². The molecule has 2 rings (SSSR count). The van der Waals surface area contributed by atoms with Gasteiger partial charge in [0.25, 0.3) is 0 Å². The van der Waals surface area contributed by atoms with E-state index in [0.717, 1.165) is 24.4 Å². The molecule has 2 amide bonds. The molecule has 0 spiro atoms. The number of carboxylic acid groups (broad SMARTS) is 2. The SMILES string of the molecule is CN(C)CCCC(CNC(=O)N(CCCl)N=O)(C1CCCCC1)C1CCCCC1.O=C(O)C=CC(=O)O. The maximum Gasteiger partial charge on any atom is 0.340 e. The Hall–Kier alpha value is -2.20. The lowest BCUT2D eigenvalue weighted by Gasteiger charge is -2.50. The molecule has 212 valence electrons. The van der Waals surface area contributed by atoms with Crippen LogP contribution >= 0.6 is 11.6 Å². The molecular weight excluding hydrogens is 500 g/mol. The molecule has 2 fully saturated rings. The molecule has 0 bridgehead atoms. The number of rotatable bonds is 13. The summed E-state index contributed by atoms with van der Waals surface area (Å²) in [6.07, 6.45) is 16.4. The summed E-state index contributed by atoms with van der Waals surface area (Å²) >= 11 is 5.73. The van der Waals surface area contributed by atoms with Crippen molar-refractivity contribution in [2.75, 3.05) is 39.6 Å². The number of carbonyl (C=O) groups is 3. The highest BCUT2D eigenvalue weighted by atomic mass is 35.5. The van der Waals surface area contributed by atoms with Gasteiger partial charge in [-0.3, -0.25) is 0 Å². The molecule has 3 N–H and O–H groups in total. The van der Waals surface area contributed by atoms with E-state index in [0.29, 0.717) is 30.5 Å². The summed E-state index contributed by atoms with van der Waals surface area (Å²) < 4.78 is 0. The lowest BCUT2D eigenvalue weighted by molar-refractivity contribution is -0.134. The van der Waals surface area contributed by atoms with Gasteiger partial charge in [0.1, 0.15) is 0 Å². The minimum atomic E-state index is -1.26. The molecule has 0 radical (unpaired) electrons. The molecular formula is C26H45ClN4O6. The van der Waals surface area contributed by atoms with Crippen LogP contribution in [0.1, 0.15) is 77.0 Å². The highest BCUT2D eigenvalue weighted by Crippen LogP contribution is 2.51. The predicted octanol–water partition coefficient (Wildman–Crippen LogP) is 5.12. The number of carbonyl (C=O) groups excluding carboxylic acids is 1.